The molecule has 0 heterocycles. The van der Waals surface area contributed by atoms with Gasteiger partial charge in [-0.15, -0.1) is 0 Å². The van der Waals surface area contributed by atoms with Crippen molar-refractivity contribution < 1.29 is 10.1 Å². The van der Waals surface area contributed by atoms with E-state index in [1.807, 2.05) is 4.90 Å². The van der Waals surface area contributed by atoms with E-state index in [1.165, 1.54) is 6.07 Å². The molecule has 0 radical (unpaired) electrons. The Hall–Kier alpha value is -2.31. The van der Waals surface area contributed by atoms with Crippen LogP contribution in [0.1, 0.15) is 25.3 Å². The molecule has 7 heteroatoms. The Balaban J connectivity index is 3.15. The summed E-state index contributed by atoms with van der Waals surface area (Å²) in [5.41, 5.74) is 6.22. The van der Waals surface area contributed by atoms with E-state index in [2.05, 4.69) is 12.1 Å². The highest BCUT2D eigenvalue weighted by atomic mass is 16.6. The number of rotatable bonds is 6. The van der Waals surface area contributed by atoms with E-state index >= 15 is 0 Å². The van der Waals surface area contributed by atoms with Crippen LogP contribution in [0.15, 0.2) is 23.4 Å². The Labute approximate surface area is 111 Å². The quantitative estimate of drug-likeness (QED) is 0.269. The van der Waals surface area contributed by atoms with Gasteiger partial charge in [0.2, 0.25) is 0 Å². The summed E-state index contributed by atoms with van der Waals surface area (Å²) in [5.74, 6) is -0.147. The number of nitro groups is 1. The van der Waals surface area contributed by atoms with Crippen molar-refractivity contribution in [2.24, 2.45) is 10.9 Å². The highest BCUT2D eigenvalue weighted by molar-refractivity contribution is 5.98. The molecule has 0 aliphatic carbocycles. The highest BCUT2D eigenvalue weighted by Crippen LogP contribution is 2.28. The van der Waals surface area contributed by atoms with Gasteiger partial charge in [0, 0.05) is 25.2 Å². The molecule has 0 saturated carbocycles. The van der Waals surface area contributed by atoms with Gasteiger partial charge in [0.25, 0.3) is 5.69 Å². The first-order chi connectivity index (χ1) is 9.01. The molecule has 1 rings (SSSR count). The fourth-order valence-electron chi connectivity index (χ4n) is 1.73. The molecule has 0 bridgehead atoms. The largest absolute Gasteiger partial charge is 0.409 e. The fourth-order valence-corrected chi connectivity index (χ4v) is 1.73. The lowest BCUT2D eigenvalue weighted by Gasteiger charge is -2.19. The SMILES string of the molecule is CCCCN(C)c1ccc(C(N)=NO)cc1[N+](=O)[O-]. The van der Waals surface area contributed by atoms with E-state index in [0.717, 1.165) is 19.4 Å². The van der Waals surface area contributed by atoms with Gasteiger partial charge in [-0.3, -0.25) is 10.1 Å². The third-order valence-corrected chi connectivity index (χ3v) is 2.83. The summed E-state index contributed by atoms with van der Waals surface area (Å²) in [7, 11) is 1.81. The number of anilines is 1. The van der Waals surface area contributed by atoms with Crippen molar-refractivity contribution in [3.05, 3.63) is 33.9 Å². The van der Waals surface area contributed by atoms with Crippen LogP contribution in [0.25, 0.3) is 0 Å². The van der Waals surface area contributed by atoms with Gasteiger partial charge < -0.3 is 15.8 Å². The predicted molar refractivity (Wildman–Crippen MR) is 73.8 cm³/mol. The Morgan fingerprint density at radius 2 is 2.26 bits per heavy atom. The maximum Gasteiger partial charge on any atom is 0.293 e. The highest BCUT2D eigenvalue weighted by Gasteiger charge is 2.18. The topological polar surface area (TPSA) is 105 Å². The van der Waals surface area contributed by atoms with Crippen LogP contribution < -0.4 is 10.6 Å². The van der Waals surface area contributed by atoms with Crippen LogP contribution in [-0.4, -0.2) is 29.6 Å². The molecule has 3 N–H and O–H groups in total. The number of amidine groups is 1. The van der Waals surface area contributed by atoms with E-state index in [1.54, 1.807) is 19.2 Å². The Bertz CT molecular complexity index is 488. The number of hydrogen-bond acceptors (Lipinski definition) is 5. The molecule has 19 heavy (non-hydrogen) atoms. The van der Waals surface area contributed by atoms with Crippen molar-refractivity contribution in [2.45, 2.75) is 19.8 Å². The van der Waals surface area contributed by atoms with Crippen LogP contribution >= 0.6 is 0 Å². The van der Waals surface area contributed by atoms with Gasteiger partial charge >= 0.3 is 0 Å². The summed E-state index contributed by atoms with van der Waals surface area (Å²) in [6.45, 7) is 2.80. The molecule has 0 aromatic heterocycles. The molecule has 104 valence electrons. The summed E-state index contributed by atoms with van der Waals surface area (Å²) in [6.07, 6.45) is 1.97. The third-order valence-electron chi connectivity index (χ3n) is 2.83. The summed E-state index contributed by atoms with van der Waals surface area (Å²) in [5, 5.41) is 22.5. The van der Waals surface area contributed by atoms with Crippen LogP contribution in [0.2, 0.25) is 0 Å². The molecular weight excluding hydrogens is 248 g/mol. The molecule has 0 amide bonds. The summed E-state index contributed by atoms with van der Waals surface area (Å²) >= 11 is 0. The Morgan fingerprint density at radius 1 is 1.58 bits per heavy atom. The van der Waals surface area contributed by atoms with E-state index in [0.29, 0.717) is 11.3 Å². The van der Waals surface area contributed by atoms with Gasteiger partial charge in [-0.2, -0.15) is 0 Å². The average molecular weight is 266 g/mol. The monoisotopic (exact) mass is 266 g/mol. The zero-order chi connectivity index (χ0) is 14.4. The van der Waals surface area contributed by atoms with Gasteiger partial charge in [-0.25, -0.2) is 0 Å². The average Bonchev–Trinajstić information content (AvgIpc) is 2.43. The summed E-state index contributed by atoms with van der Waals surface area (Å²) < 4.78 is 0. The summed E-state index contributed by atoms with van der Waals surface area (Å²) in [6, 6.07) is 4.52. The van der Waals surface area contributed by atoms with Crippen molar-refractivity contribution in [3.63, 3.8) is 0 Å². The van der Waals surface area contributed by atoms with Gasteiger partial charge in [0.1, 0.15) is 5.69 Å². The first-order valence-corrected chi connectivity index (χ1v) is 5.98. The maximum atomic E-state index is 11.1. The lowest BCUT2D eigenvalue weighted by Crippen LogP contribution is -2.20. The number of benzene rings is 1. The van der Waals surface area contributed by atoms with Crippen LogP contribution in [0, 0.1) is 10.1 Å². The second-order valence-corrected chi connectivity index (χ2v) is 4.22. The van der Waals surface area contributed by atoms with Gasteiger partial charge in [0.15, 0.2) is 5.84 Å². The zero-order valence-electron chi connectivity index (χ0n) is 11.0. The standard InChI is InChI=1S/C12H18N4O3/c1-3-4-7-15(2)10-6-5-9(12(13)14-17)8-11(10)16(18)19/h5-6,8,17H,3-4,7H2,1-2H3,(H2,13,14). The molecule has 0 saturated heterocycles. The van der Waals surface area contributed by atoms with E-state index in [-0.39, 0.29) is 11.5 Å². The Kier molecular flexibility index (Phi) is 5.11. The fraction of sp³-hybridized carbons (Fsp3) is 0.417. The molecule has 0 spiro atoms. The molecular formula is C12H18N4O3. The van der Waals surface area contributed by atoms with Crippen LogP contribution in [0.5, 0.6) is 0 Å². The third kappa shape index (κ3) is 3.57. The van der Waals surface area contributed by atoms with Gasteiger partial charge in [-0.05, 0) is 18.6 Å². The molecule has 0 aliphatic heterocycles. The van der Waals surface area contributed by atoms with Crippen LogP contribution in [-0.2, 0) is 0 Å². The number of nitro benzene ring substituents is 1. The first-order valence-electron chi connectivity index (χ1n) is 5.98. The number of nitrogens with zero attached hydrogens (tertiary/aromatic N) is 3. The first kappa shape index (κ1) is 14.7. The Morgan fingerprint density at radius 3 is 2.79 bits per heavy atom. The number of hydrogen-bond donors (Lipinski definition) is 2. The molecule has 1 aromatic carbocycles. The second-order valence-electron chi connectivity index (χ2n) is 4.22. The number of oxime groups is 1. The second kappa shape index (κ2) is 6.58. The maximum absolute atomic E-state index is 11.1. The number of unbranched alkanes of at least 4 members (excludes halogenated alkanes) is 1. The van der Waals surface area contributed by atoms with Crippen molar-refractivity contribution in [2.75, 3.05) is 18.5 Å². The van der Waals surface area contributed by atoms with Crippen LogP contribution in [0.4, 0.5) is 11.4 Å². The molecule has 0 aliphatic rings. The predicted octanol–water partition coefficient (Wildman–Crippen LogP) is 1.93. The molecule has 0 unspecified atom stereocenters. The van der Waals surface area contributed by atoms with Crippen molar-refractivity contribution >= 4 is 17.2 Å². The molecule has 0 fully saturated rings. The van der Waals surface area contributed by atoms with Crippen molar-refractivity contribution in [3.8, 4) is 0 Å². The smallest absolute Gasteiger partial charge is 0.293 e. The van der Waals surface area contributed by atoms with Crippen LogP contribution in [0.3, 0.4) is 0 Å². The minimum absolute atomic E-state index is 0.0531. The zero-order valence-corrected chi connectivity index (χ0v) is 11.0. The normalized spacial score (nSPS) is 11.4. The lowest BCUT2D eigenvalue weighted by atomic mass is 10.1. The molecule has 1 aromatic rings. The molecule has 0 atom stereocenters. The lowest BCUT2D eigenvalue weighted by molar-refractivity contribution is -0.384. The molecule has 7 nitrogen and oxygen atoms in total. The minimum Gasteiger partial charge on any atom is -0.409 e. The van der Waals surface area contributed by atoms with Gasteiger partial charge in [-0.1, -0.05) is 18.5 Å². The van der Waals surface area contributed by atoms with E-state index in [9.17, 15) is 10.1 Å². The number of nitrogens with two attached hydrogens (primary N) is 1. The minimum atomic E-state index is -0.466. The van der Waals surface area contributed by atoms with Crippen molar-refractivity contribution in [1.29, 1.82) is 0 Å². The van der Waals surface area contributed by atoms with Crippen molar-refractivity contribution in [1.82, 2.24) is 0 Å². The van der Waals surface area contributed by atoms with E-state index < -0.39 is 4.92 Å². The van der Waals surface area contributed by atoms with Gasteiger partial charge in [0.05, 0.1) is 4.92 Å². The summed E-state index contributed by atoms with van der Waals surface area (Å²) in [4.78, 5) is 12.5. The van der Waals surface area contributed by atoms with E-state index in [4.69, 9.17) is 10.9 Å².